The largest absolute Gasteiger partial charge is 0.354 e. The molecule has 0 fully saturated rings. The van der Waals surface area contributed by atoms with Crippen LogP contribution in [-0.2, 0) is 22.4 Å². The third-order valence-corrected chi connectivity index (χ3v) is 4.42. The van der Waals surface area contributed by atoms with E-state index >= 15 is 0 Å². The zero-order valence-corrected chi connectivity index (χ0v) is 14.6. The molecule has 0 radical (unpaired) electrons. The lowest BCUT2D eigenvalue weighted by Gasteiger charge is -2.31. The Morgan fingerprint density at radius 1 is 1.20 bits per heavy atom. The van der Waals surface area contributed by atoms with Crippen LogP contribution in [0.25, 0.3) is 0 Å². The molecule has 0 saturated heterocycles. The summed E-state index contributed by atoms with van der Waals surface area (Å²) in [4.78, 5) is 19.2. The molecule has 1 aliphatic heterocycles. The van der Waals surface area contributed by atoms with Crippen molar-refractivity contribution in [3.05, 3.63) is 59.3 Å². The summed E-state index contributed by atoms with van der Waals surface area (Å²) in [5.41, 5.74) is 3.21. The molecule has 0 atom stereocenters. The highest BCUT2D eigenvalue weighted by atomic mass is 16.7. The fraction of sp³-hybridized carbons (Fsp3) is 0.368. The molecule has 0 aliphatic carbocycles. The van der Waals surface area contributed by atoms with Crippen molar-refractivity contribution in [2.24, 2.45) is 0 Å². The van der Waals surface area contributed by atoms with Crippen LogP contribution in [0.4, 0.5) is 5.82 Å². The van der Waals surface area contributed by atoms with Gasteiger partial charge in [-0.05, 0) is 29.7 Å². The SMILES string of the molecule is COC(CNC(=O)c1cccnc1N1CCc2ccccc2C1)OC. The number of benzene rings is 1. The maximum atomic E-state index is 12.6. The van der Waals surface area contributed by atoms with Crippen LogP contribution < -0.4 is 10.2 Å². The number of hydrogen-bond donors (Lipinski definition) is 1. The van der Waals surface area contributed by atoms with Crippen LogP contribution in [0.3, 0.4) is 0 Å². The molecule has 1 N–H and O–H groups in total. The third kappa shape index (κ3) is 3.97. The Labute approximate surface area is 147 Å². The average molecular weight is 341 g/mol. The van der Waals surface area contributed by atoms with E-state index in [0.717, 1.165) is 19.5 Å². The fourth-order valence-electron chi connectivity index (χ4n) is 3.04. The Balaban J connectivity index is 1.76. The standard InChI is InChI=1S/C19H23N3O3/c1-24-17(25-2)12-21-19(23)16-8-5-10-20-18(16)22-11-9-14-6-3-4-7-15(14)13-22/h3-8,10,17H,9,11-13H2,1-2H3,(H,21,23). The van der Waals surface area contributed by atoms with Gasteiger partial charge in [-0.15, -0.1) is 0 Å². The van der Waals surface area contributed by atoms with Gasteiger partial charge in [-0.1, -0.05) is 24.3 Å². The van der Waals surface area contributed by atoms with Crippen molar-refractivity contribution in [2.45, 2.75) is 19.3 Å². The maximum Gasteiger partial charge on any atom is 0.255 e. The van der Waals surface area contributed by atoms with Gasteiger partial charge in [0.25, 0.3) is 5.91 Å². The zero-order chi connectivity index (χ0) is 17.6. The smallest absolute Gasteiger partial charge is 0.255 e. The van der Waals surface area contributed by atoms with E-state index in [1.54, 1.807) is 32.5 Å². The second-order valence-electron chi connectivity index (χ2n) is 5.93. The second kappa shape index (κ2) is 8.09. The first-order valence-corrected chi connectivity index (χ1v) is 8.33. The van der Waals surface area contributed by atoms with E-state index in [9.17, 15) is 4.79 Å². The summed E-state index contributed by atoms with van der Waals surface area (Å²) < 4.78 is 10.2. The summed E-state index contributed by atoms with van der Waals surface area (Å²) in [6.45, 7) is 1.88. The van der Waals surface area contributed by atoms with E-state index in [1.807, 2.05) is 6.07 Å². The van der Waals surface area contributed by atoms with Crippen LogP contribution in [0, 0.1) is 0 Å². The third-order valence-electron chi connectivity index (χ3n) is 4.42. The van der Waals surface area contributed by atoms with Gasteiger partial charge in [0, 0.05) is 33.5 Å². The Kier molecular flexibility index (Phi) is 5.63. The van der Waals surface area contributed by atoms with Crippen molar-refractivity contribution in [1.82, 2.24) is 10.3 Å². The molecule has 0 saturated carbocycles. The number of pyridine rings is 1. The number of amides is 1. The lowest BCUT2D eigenvalue weighted by atomic mass is 9.99. The Morgan fingerprint density at radius 3 is 2.72 bits per heavy atom. The molecule has 1 aromatic carbocycles. The van der Waals surface area contributed by atoms with Gasteiger partial charge in [0.1, 0.15) is 5.82 Å². The fourth-order valence-corrected chi connectivity index (χ4v) is 3.04. The predicted octanol–water partition coefficient (Wildman–Crippen LogP) is 1.99. The molecule has 1 aliphatic rings. The number of methoxy groups -OCH3 is 2. The zero-order valence-electron chi connectivity index (χ0n) is 14.6. The van der Waals surface area contributed by atoms with Gasteiger partial charge in [-0.25, -0.2) is 4.98 Å². The van der Waals surface area contributed by atoms with E-state index in [-0.39, 0.29) is 12.5 Å². The average Bonchev–Trinajstić information content (AvgIpc) is 2.68. The number of carbonyl (C=O) groups excluding carboxylic acids is 1. The molecular weight excluding hydrogens is 318 g/mol. The van der Waals surface area contributed by atoms with Crippen molar-refractivity contribution in [2.75, 3.05) is 32.2 Å². The topological polar surface area (TPSA) is 63.7 Å². The number of fused-ring (bicyclic) bond motifs is 1. The summed E-state index contributed by atoms with van der Waals surface area (Å²) in [5, 5.41) is 2.84. The number of carbonyl (C=O) groups is 1. The quantitative estimate of drug-likeness (QED) is 0.814. The first kappa shape index (κ1) is 17.4. The second-order valence-corrected chi connectivity index (χ2v) is 5.93. The highest BCUT2D eigenvalue weighted by Gasteiger charge is 2.22. The van der Waals surface area contributed by atoms with Gasteiger partial charge in [-0.3, -0.25) is 4.79 Å². The van der Waals surface area contributed by atoms with E-state index in [2.05, 4.69) is 33.4 Å². The molecular formula is C19H23N3O3. The van der Waals surface area contributed by atoms with Crippen molar-refractivity contribution >= 4 is 11.7 Å². The van der Waals surface area contributed by atoms with Gasteiger partial charge in [0.2, 0.25) is 0 Å². The van der Waals surface area contributed by atoms with Crippen LogP contribution in [0.15, 0.2) is 42.6 Å². The van der Waals surface area contributed by atoms with E-state index in [1.165, 1.54) is 11.1 Å². The first-order valence-electron chi connectivity index (χ1n) is 8.33. The van der Waals surface area contributed by atoms with Gasteiger partial charge in [0.15, 0.2) is 6.29 Å². The van der Waals surface area contributed by atoms with Crippen molar-refractivity contribution in [1.29, 1.82) is 0 Å². The summed E-state index contributed by atoms with van der Waals surface area (Å²) in [5.74, 6) is 0.530. The summed E-state index contributed by atoms with van der Waals surface area (Å²) in [6.07, 6.45) is 2.20. The van der Waals surface area contributed by atoms with Gasteiger partial charge < -0.3 is 19.7 Å². The minimum atomic E-state index is -0.467. The highest BCUT2D eigenvalue weighted by Crippen LogP contribution is 2.25. The summed E-state index contributed by atoms with van der Waals surface area (Å²) >= 11 is 0. The van der Waals surface area contributed by atoms with E-state index in [0.29, 0.717) is 11.4 Å². The number of anilines is 1. The minimum absolute atomic E-state index is 0.180. The summed E-state index contributed by atoms with van der Waals surface area (Å²) in [6, 6.07) is 12.0. The monoisotopic (exact) mass is 341 g/mol. The first-order chi connectivity index (χ1) is 12.2. The van der Waals surface area contributed by atoms with Gasteiger partial charge >= 0.3 is 0 Å². The lowest BCUT2D eigenvalue weighted by Crippen LogP contribution is -2.37. The normalized spacial score (nSPS) is 13.6. The Bertz CT molecular complexity index is 731. The van der Waals surface area contributed by atoms with E-state index in [4.69, 9.17) is 9.47 Å². The molecule has 25 heavy (non-hydrogen) atoms. The van der Waals surface area contributed by atoms with Crippen LogP contribution in [-0.4, -0.2) is 44.5 Å². The molecule has 2 aromatic rings. The van der Waals surface area contributed by atoms with Crippen LogP contribution in [0.1, 0.15) is 21.5 Å². The van der Waals surface area contributed by atoms with Gasteiger partial charge in [-0.2, -0.15) is 0 Å². The predicted molar refractivity (Wildman–Crippen MR) is 95.6 cm³/mol. The molecule has 0 spiro atoms. The van der Waals surface area contributed by atoms with E-state index < -0.39 is 6.29 Å². The molecule has 2 heterocycles. The van der Waals surface area contributed by atoms with Crippen LogP contribution >= 0.6 is 0 Å². The van der Waals surface area contributed by atoms with Crippen molar-refractivity contribution in [3.63, 3.8) is 0 Å². The van der Waals surface area contributed by atoms with Crippen molar-refractivity contribution in [3.8, 4) is 0 Å². The molecule has 6 heteroatoms. The molecule has 6 nitrogen and oxygen atoms in total. The molecule has 132 valence electrons. The minimum Gasteiger partial charge on any atom is -0.354 e. The van der Waals surface area contributed by atoms with Crippen LogP contribution in [0.5, 0.6) is 0 Å². The maximum absolute atomic E-state index is 12.6. The number of rotatable bonds is 6. The summed E-state index contributed by atoms with van der Waals surface area (Å²) in [7, 11) is 3.09. The van der Waals surface area contributed by atoms with Gasteiger partial charge in [0.05, 0.1) is 12.1 Å². The lowest BCUT2D eigenvalue weighted by molar-refractivity contribution is -0.0974. The number of nitrogens with one attached hydrogen (secondary N) is 1. The number of aromatic nitrogens is 1. The Morgan fingerprint density at radius 2 is 1.96 bits per heavy atom. The number of nitrogens with zero attached hydrogens (tertiary/aromatic N) is 2. The Hall–Kier alpha value is -2.44. The number of ether oxygens (including phenoxy) is 2. The molecule has 1 aromatic heterocycles. The molecule has 0 bridgehead atoms. The van der Waals surface area contributed by atoms with Crippen LogP contribution in [0.2, 0.25) is 0 Å². The molecule has 3 rings (SSSR count). The van der Waals surface area contributed by atoms with Crippen molar-refractivity contribution < 1.29 is 14.3 Å². The highest BCUT2D eigenvalue weighted by molar-refractivity contribution is 5.98. The molecule has 1 amide bonds. The molecule has 0 unspecified atom stereocenters. The number of hydrogen-bond acceptors (Lipinski definition) is 5.